The van der Waals surface area contributed by atoms with Gasteiger partial charge in [0.2, 0.25) is 0 Å². The summed E-state index contributed by atoms with van der Waals surface area (Å²) in [7, 11) is 0. The summed E-state index contributed by atoms with van der Waals surface area (Å²) in [5.41, 5.74) is 0.179. The number of carbonyl (C=O) groups is 3. The third-order valence-electron chi connectivity index (χ3n) is 6.25. The van der Waals surface area contributed by atoms with E-state index in [1.807, 2.05) is 33.8 Å². The summed E-state index contributed by atoms with van der Waals surface area (Å²) in [5.74, 6) is 0.526. The molecule has 47 heavy (non-hydrogen) atoms. The van der Waals surface area contributed by atoms with Crippen LogP contribution in [-0.4, -0.2) is 50.7 Å². The Balaban J connectivity index is 0.00000105. The molecule has 1 amide bonds. The minimum absolute atomic E-state index is 0. The van der Waals surface area contributed by atoms with E-state index in [0.717, 1.165) is 11.1 Å². The van der Waals surface area contributed by atoms with Crippen molar-refractivity contribution in [3.8, 4) is 0 Å². The fraction of sp³-hybridized carbons (Fsp3) is 0.611. The molecule has 0 aromatic carbocycles. The number of esters is 1. The number of aliphatic imine (C=N–C) groups is 1. The summed E-state index contributed by atoms with van der Waals surface area (Å²) in [6.07, 6.45) is 4.98. The van der Waals surface area contributed by atoms with Crippen LogP contribution in [0, 0.1) is 18.8 Å². The van der Waals surface area contributed by atoms with Crippen LogP contribution in [-0.2, 0) is 30.2 Å². The standard InChI is InChI=1S/C23H34N2O5.C11H16N2O2.2CH4/c1-22(2,3)29-20(27)17-9-7-16(8-10-17)18(26)13-15-11-12-24-19(14-15)25-21(28)30-23(4,5)6;1-8-5-6-12-9(7-8)13-10(14)15-11(2,3)4;;/h11-12,14,16-17H,7-10,13H2,1-6H3,(H,24,25,28);5-7H,1-4H3,(H,12,13,14);2*1H4/p-1. The zero-order valence-corrected chi connectivity index (χ0v) is 28.4. The Hall–Kier alpha value is -4.02. The SMILES string of the molecule is C.C.CC(C)(C)OC(=O)Nc1cc(CC(=O)C2CCC(C(=O)OC(C)(C)C)CC2)ccn1.Cc1ccnc(N=C([O-])OC(C)(C)C)c1. The van der Waals surface area contributed by atoms with Crippen molar-refractivity contribution in [2.75, 3.05) is 5.32 Å². The Morgan fingerprint density at radius 2 is 1.34 bits per heavy atom. The van der Waals surface area contributed by atoms with Gasteiger partial charge in [-0.1, -0.05) is 35.6 Å². The number of hydrogen-bond donors (Lipinski definition) is 1. The second-order valence-electron chi connectivity index (χ2n) is 14.2. The van der Waals surface area contributed by atoms with E-state index in [1.165, 1.54) is 0 Å². The van der Waals surface area contributed by atoms with Crippen molar-refractivity contribution in [2.24, 2.45) is 16.8 Å². The number of hydrogen-bond acceptors (Lipinski definition) is 10. The van der Waals surface area contributed by atoms with Gasteiger partial charge in [-0.3, -0.25) is 14.9 Å². The molecular weight excluding hydrogens is 600 g/mol. The Labute approximate surface area is 281 Å². The van der Waals surface area contributed by atoms with Crippen molar-refractivity contribution in [1.29, 1.82) is 0 Å². The van der Waals surface area contributed by atoms with Gasteiger partial charge < -0.3 is 19.3 Å². The number of nitrogens with zero attached hydrogens (tertiary/aromatic N) is 3. The first-order valence-electron chi connectivity index (χ1n) is 15.3. The summed E-state index contributed by atoms with van der Waals surface area (Å²) < 4.78 is 15.7. The molecule has 1 N–H and O–H groups in total. The topological polar surface area (TPSA) is 152 Å². The Kier molecular flexibility index (Phi) is 16.8. The second-order valence-corrected chi connectivity index (χ2v) is 14.2. The van der Waals surface area contributed by atoms with E-state index >= 15 is 0 Å². The average molecular weight is 658 g/mol. The first kappa shape index (κ1) is 43.0. The molecule has 0 aliphatic heterocycles. The average Bonchev–Trinajstić information content (AvgIpc) is 2.86. The van der Waals surface area contributed by atoms with E-state index in [1.54, 1.807) is 72.1 Å². The largest absolute Gasteiger partial charge is 0.594 e. The van der Waals surface area contributed by atoms with Gasteiger partial charge in [0, 0.05) is 30.3 Å². The third kappa shape index (κ3) is 18.0. The molecular formula is C36H57N4O7-. The predicted molar refractivity (Wildman–Crippen MR) is 184 cm³/mol. The van der Waals surface area contributed by atoms with Crippen LogP contribution in [0.25, 0.3) is 0 Å². The van der Waals surface area contributed by atoms with E-state index in [4.69, 9.17) is 14.2 Å². The summed E-state index contributed by atoms with van der Waals surface area (Å²) in [5, 5.41) is 13.9. The molecule has 1 fully saturated rings. The number of anilines is 1. The van der Waals surface area contributed by atoms with Crippen LogP contribution in [0.15, 0.2) is 41.7 Å². The second kappa shape index (κ2) is 18.4. The van der Waals surface area contributed by atoms with Gasteiger partial charge in [0.05, 0.1) is 5.92 Å². The van der Waals surface area contributed by atoms with Crippen LogP contribution in [0.2, 0.25) is 0 Å². The molecule has 0 atom stereocenters. The molecule has 0 saturated heterocycles. The molecule has 11 nitrogen and oxygen atoms in total. The first-order chi connectivity index (χ1) is 20.7. The van der Waals surface area contributed by atoms with Crippen molar-refractivity contribution in [1.82, 2.24) is 9.97 Å². The summed E-state index contributed by atoms with van der Waals surface area (Å²) in [4.78, 5) is 48.7. The highest BCUT2D eigenvalue weighted by Gasteiger charge is 2.32. The van der Waals surface area contributed by atoms with Gasteiger partial charge in [0.15, 0.2) is 11.9 Å². The molecule has 2 aromatic heterocycles. The number of nitrogens with one attached hydrogen (secondary N) is 1. The fourth-order valence-electron chi connectivity index (χ4n) is 4.40. The van der Waals surface area contributed by atoms with Crippen LogP contribution in [0.4, 0.5) is 16.4 Å². The maximum absolute atomic E-state index is 12.7. The number of ether oxygens (including phenoxy) is 3. The molecule has 3 rings (SSSR count). The molecule has 1 aliphatic rings. The molecule has 0 unspecified atom stereocenters. The van der Waals surface area contributed by atoms with Crippen molar-refractivity contribution < 1.29 is 33.7 Å². The molecule has 0 spiro atoms. The number of amides is 1. The maximum atomic E-state index is 12.7. The summed E-state index contributed by atoms with van der Waals surface area (Å²) in [6.45, 7) is 18.2. The van der Waals surface area contributed by atoms with E-state index in [0.29, 0.717) is 37.3 Å². The highest BCUT2D eigenvalue weighted by molar-refractivity contribution is 5.85. The van der Waals surface area contributed by atoms with Crippen molar-refractivity contribution >= 4 is 35.6 Å². The molecule has 11 heteroatoms. The van der Waals surface area contributed by atoms with Crippen molar-refractivity contribution in [3.63, 3.8) is 0 Å². The Morgan fingerprint density at radius 3 is 1.87 bits per heavy atom. The highest BCUT2D eigenvalue weighted by Crippen LogP contribution is 2.32. The normalized spacial score (nSPS) is 16.6. The maximum Gasteiger partial charge on any atom is 0.413 e. The molecule has 1 aliphatic carbocycles. The quantitative estimate of drug-likeness (QED) is 0.189. The Morgan fingerprint density at radius 1 is 0.809 bits per heavy atom. The zero-order valence-electron chi connectivity index (χ0n) is 28.4. The third-order valence-corrected chi connectivity index (χ3v) is 6.25. The molecule has 1 saturated carbocycles. The van der Waals surface area contributed by atoms with Crippen LogP contribution < -0.4 is 10.4 Å². The summed E-state index contributed by atoms with van der Waals surface area (Å²) in [6, 6.07) is 7.02. The fourth-order valence-corrected chi connectivity index (χ4v) is 4.40. The monoisotopic (exact) mass is 657 g/mol. The lowest BCUT2D eigenvalue weighted by Gasteiger charge is -2.29. The minimum atomic E-state index is -0.611. The number of Topliss-reactive ketones (excluding diaryl/α,β-unsaturated/α-hetero) is 1. The minimum Gasteiger partial charge on any atom is -0.594 e. The molecule has 2 aromatic rings. The number of aryl methyl sites for hydroxylation is 1. The summed E-state index contributed by atoms with van der Waals surface area (Å²) >= 11 is 0. The molecule has 2 heterocycles. The van der Waals surface area contributed by atoms with E-state index < -0.39 is 29.0 Å². The highest BCUT2D eigenvalue weighted by atomic mass is 16.6. The Bertz CT molecular complexity index is 1330. The van der Waals surface area contributed by atoms with Gasteiger partial charge >= 0.3 is 12.1 Å². The zero-order chi connectivity index (χ0) is 34.0. The number of pyridine rings is 2. The van der Waals surface area contributed by atoms with Gasteiger partial charge in [-0.25, -0.2) is 19.8 Å². The predicted octanol–water partition coefficient (Wildman–Crippen LogP) is 7.51. The van der Waals surface area contributed by atoms with Crippen LogP contribution >= 0.6 is 0 Å². The van der Waals surface area contributed by atoms with E-state index in [2.05, 4.69) is 20.3 Å². The molecule has 264 valence electrons. The van der Waals surface area contributed by atoms with Crippen LogP contribution in [0.1, 0.15) is 114 Å². The number of carbonyl (C=O) groups excluding carboxylic acids is 3. The first-order valence-corrected chi connectivity index (χ1v) is 15.3. The van der Waals surface area contributed by atoms with E-state index in [9.17, 15) is 19.5 Å². The van der Waals surface area contributed by atoms with E-state index in [-0.39, 0.29) is 44.9 Å². The lowest BCUT2D eigenvalue weighted by molar-refractivity contribution is -0.259. The number of rotatable bonds is 6. The smallest absolute Gasteiger partial charge is 0.413 e. The molecule has 0 radical (unpaired) electrons. The van der Waals surface area contributed by atoms with Crippen molar-refractivity contribution in [2.45, 2.75) is 133 Å². The van der Waals surface area contributed by atoms with Gasteiger partial charge in [-0.05, 0) is 110 Å². The van der Waals surface area contributed by atoms with Crippen LogP contribution in [0.3, 0.4) is 0 Å². The number of ketones is 1. The van der Waals surface area contributed by atoms with Gasteiger partial charge in [0.1, 0.15) is 22.8 Å². The lowest BCUT2D eigenvalue weighted by atomic mass is 9.79. The van der Waals surface area contributed by atoms with Gasteiger partial charge in [0.25, 0.3) is 0 Å². The van der Waals surface area contributed by atoms with Crippen molar-refractivity contribution in [3.05, 3.63) is 47.8 Å². The lowest BCUT2D eigenvalue weighted by Crippen LogP contribution is -2.32. The van der Waals surface area contributed by atoms with Gasteiger partial charge in [-0.15, -0.1) is 0 Å². The van der Waals surface area contributed by atoms with Crippen LogP contribution in [0.5, 0.6) is 0 Å². The van der Waals surface area contributed by atoms with Gasteiger partial charge in [-0.2, -0.15) is 0 Å². The number of aromatic nitrogens is 2. The molecule has 0 bridgehead atoms.